The van der Waals surface area contributed by atoms with E-state index in [-0.39, 0.29) is 12.0 Å². The molecule has 0 aliphatic heterocycles. The van der Waals surface area contributed by atoms with Gasteiger partial charge >= 0.3 is 0 Å². The molecular formula is C9H17N3O2. The van der Waals surface area contributed by atoms with Gasteiger partial charge in [-0.25, -0.2) is 0 Å². The summed E-state index contributed by atoms with van der Waals surface area (Å²) in [6, 6.07) is 0. The molecule has 0 aliphatic carbocycles. The Hall–Kier alpha value is -0.940. The van der Waals surface area contributed by atoms with E-state index in [2.05, 4.69) is 10.3 Å². The summed E-state index contributed by atoms with van der Waals surface area (Å²) >= 11 is 0. The summed E-state index contributed by atoms with van der Waals surface area (Å²) in [7, 11) is 1.81. The summed E-state index contributed by atoms with van der Waals surface area (Å²) in [6.07, 6.45) is 1.81. The van der Waals surface area contributed by atoms with Crippen molar-refractivity contribution in [3.8, 4) is 0 Å². The molecule has 0 aromatic carbocycles. The maximum absolute atomic E-state index is 8.98. The van der Waals surface area contributed by atoms with Crippen molar-refractivity contribution in [1.82, 2.24) is 15.0 Å². The molecule has 1 aromatic heterocycles. The van der Waals surface area contributed by atoms with Crippen molar-refractivity contribution in [2.75, 3.05) is 13.2 Å². The molecule has 1 aromatic rings. The fourth-order valence-electron chi connectivity index (χ4n) is 0.939. The second kappa shape index (κ2) is 4.52. The standard InChI is InChI=1S/C9H17N3O2/c1-9(2,6-13)7-14-5-8-4-12(3)11-10-8/h4,13H,5-7H2,1-3H3. The van der Waals surface area contributed by atoms with Gasteiger partial charge in [-0.05, 0) is 0 Å². The predicted octanol–water partition coefficient (Wildman–Crippen LogP) is 0.350. The molecule has 5 nitrogen and oxygen atoms in total. The first-order valence-corrected chi connectivity index (χ1v) is 4.57. The third-order valence-electron chi connectivity index (χ3n) is 1.82. The van der Waals surface area contributed by atoms with Gasteiger partial charge in [-0.3, -0.25) is 4.68 Å². The quantitative estimate of drug-likeness (QED) is 0.743. The maximum atomic E-state index is 8.98. The Kier molecular flexibility index (Phi) is 3.60. The van der Waals surface area contributed by atoms with E-state index >= 15 is 0 Å². The normalized spacial score (nSPS) is 12.0. The van der Waals surface area contributed by atoms with Gasteiger partial charge in [0, 0.05) is 12.5 Å². The summed E-state index contributed by atoms with van der Waals surface area (Å²) in [5.74, 6) is 0. The van der Waals surface area contributed by atoms with Crippen LogP contribution in [0.4, 0.5) is 0 Å². The Morgan fingerprint density at radius 2 is 2.29 bits per heavy atom. The summed E-state index contributed by atoms with van der Waals surface area (Å²) in [6.45, 7) is 4.97. The number of rotatable bonds is 5. The molecule has 0 aliphatic rings. The Bertz CT molecular complexity index is 283. The molecule has 5 heteroatoms. The number of nitrogens with zero attached hydrogens (tertiary/aromatic N) is 3. The van der Waals surface area contributed by atoms with Crippen molar-refractivity contribution in [2.24, 2.45) is 12.5 Å². The largest absolute Gasteiger partial charge is 0.396 e. The molecule has 0 bridgehead atoms. The maximum Gasteiger partial charge on any atom is 0.108 e. The van der Waals surface area contributed by atoms with E-state index in [1.807, 2.05) is 27.1 Å². The van der Waals surface area contributed by atoms with Crippen LogP contribution in [0.1, 0.15) is 19.5 Å². The van der Waals surface area contributed by atoms with Crippen LogP contribution in [0.3, 0.4) is 0 Å². The molecular weight excluding hydrogens is 182 g/mol. The van der Waals surface area contributed by atoms with Gasteiger partial charge in [0.25, 0.3) is 0 Å². The molecule has 1 heterocycles. The SMILES string of the molecule is Cn1cc(COCC(C)(C)CO)nn1. The highest BCUT2D eigenvalue weighted by atomic mass is 16.5. The fourth-order valence-corrected chi connectivity index (χ4v) is 0.939. The molecule has 0 saturated heterocycles. The lowest BCUT2D eigenvalue weighted by molar-refractivity contribution is 0.0185. The van der Waals surface area contributed by atoms with Gasteiger partial charge in [-0.15, -0.1) is 5.10 Å². The summed E-state index contributed by atoms with van der Waals surface area (Å²) in [4.78, 5) is 0. The van der Waals surface area contributed by atoms with Crippen LogP contribution in [0.15, 0.2) is 6.20 Å². The molecule has 0 unspecified atom stereocenters. The smallest absolute Gasteiger partial charge is 0.108 e. The molecule has 80 valence electrons. The lowest BCUT2D eigenvalue weighted by atomic mass is 9.97. The monoisotopic (exact) mass is 199 g/mol. The molecule has 0 atom stereocenters. The Labute approximate surface area is 83.7 Å². The molecule has 0 amide bonds. The molecule has 0 radical (unpaired) electrons. The van der Waals surface area contributed by atoms with E-state index in [4.69, 9.17) is 9.84 Å². The van der Waals surface area contributed by atoms with E-state index in [1.54, 1.807) is 4.68 Å². The van der Waals surface area contributed by atoms with Gasteiger partial charge in [0.2, 0.25) is 0 Å². The van der Waals surface area contributed by atoms with Crippen molar-refractivity contribution in [3.63, 3.8) is 0 Å². The number of aliphatic hydroxyl groups is 1. The Balaban J connectivity index is 2.28. The minimum Gasteiger partial charge on any atom is -0.396 e. The molecule has 1 rings (SSSR count). The van der Waals surface area contributed by atoms with Gasteiger partial charge in [-0.1, -0.05) is 19.1 Å². The van der Waals surface area contributed by atoms with Gasteiger partial charge in [0.1, 0.15) is 5.69 Å². The molecule has 0 saturated carbocycles. The topological polar surface area (TPSA) is 60.2 Å². The predicted molar refractivity (Wildman–Crippen MR) is 51.5 cm³/mol. The highest BCUT2D eigenvalue weighted by Crippen LogP contribution is 2.14. The van der Waals surface area contributed by atoms with Crippen molar-refractivity contribution < 1.29 is 9.84 Å². The number of hydrogen-bond acceptors (Lipinski definition) is 4. The van der Waals surface area contributed by atoms with Crippen molar-refractivity contribution >= 4 is 0 Å². The van der Waals surface area contributed by atoms with E-state index in [0.717, 1.165) is 5.69 Å². The average molecular weight is 199 g/mol. The van der Waals surface area contributed by atoms with Gasteiger partial charge in [-0.2, -0.15) is 0 Å². The minimum atomic E-state index is -0.192. The highest BCUT2D eigenvalue weighted by molar-refractivity contribution is 4.88. The second-order valence-electron chi connectivity index (χ2n) is 4.20. The van der Waals surface area contributed by atoms with E-state index < -0.39 is 0 Å². The van der Waals surface area contributed by atoms with Crippen LogP contribution in [0.5, 0.6) is 0 Å². The Morgan fingerprint density at radius 3 is 2.79 bits per heavy atom. The van der Waals surface area contributed by atoms with E-state index in [1.165, 1.54) is 0 Å². The van der Waals surface area contributed by atoms with Gasteiger partial charge in [0.05, 0.1) is 26.0 Å². The molecule has 0 fully saturated rings. The summed E-state index contributed by atoms with van der Waals surface area (Å²) in [5, 5.41) is 16.7. The third-order valence-corrected chi connectivity index (χ3v) is 1.82. The fraction of sp³-hybridized carbons (Fsp3) is 0.778. The molecule has 14 heavy (non-hydrogen) atoms. The van der Waals surface area contributed by atoms with Gasteiger partial charge in [0.15, 0.2) is 0 Å². The van der Waals surface area contributed by atoms with Crippen molar-refractivity contribution in [1.29, 1.82) is 0 Å². The van der Waals surface area contributed by atoms with Crippen molar-refractivity contribution in [3.05, 3.63) is 11.9 Å². The summed E-state index contributed by atoms with van der Waals surface area (Å²) in [5.41, 5.74) is 0.614. The number of aryl methyl sites for hydroxylation is 1. The first-order valence-electron chi connectivity index (χ1n) is 4.57. The number of hydrogen-bond donors (Lipinski definition) is 1. The van der Waals surface area contributed by atoms with Crippen LogP contribution >= 0.6 is 0 Å². The van der Waals surface area contributed by atoms with Crippen LogP contribution in [-0.2, 0) is 18.4 Å². The zero-order chi connectivity index (χ0) is 10.6. The lowest BCUT2D eigenvalue weighted by Gasteiger charge is -2.20. The third kappa shape index (κ3) is 3.43. The van der Waals surface area contributed by atoms with Gasteiger partial charge < -0.3 is 9.84 Å². The van der Waals surface area contributed by atoms with Crippen LogP contribution in [-0.4, -0.2) is 33.3 Å². The molecule has 1 N–H and O–H groups in total. The van der Waals surface area contributed by atoms with Crippen LogP contribution in [0.2, 0.25) is 0 Å². The zero-order valence-corrected chi connectivity index (χ0v) is 8.90. The lowest BCUT2D eigenvalue weighted by Crippen LogP contribution is -2.23. The highest BCUT2D eigenvalue weighted by Gasteiger charge is 2.16. The summed E-state index contributed by atoms with van der Waals surface area (Å²) < 4.78 is 7.05. The average Bonchev–Trinajstić information content (AvgIpc) is 2.51. The first-order chi connectivity index (χ1) is 6.53. The van der Waals surface area contributed by atoms with E-state index in [9.17, 15) is 0 Å². The van der Waals surface area contributed by atoms with Crippen LogP contribution < -0.4 is 0 Å². The van der Waals surface area contributed by atoms with Crippen LogP contribution in [0.25, 0.3) is 0 Å². The number of aromatic nitrogens is 3. The zero-order valence-electron chi connectivity index (χ0n) is 8.90. The van der Waals surface area contributed by atoms with Crippen LogP contribution in [0, 0.1) is 5.41 Å². The Morgan fingerprint density at radius 1 is 1.57 bits per heavy atom. The number of ether oxygens (including phenoxy) is 1. The first kappa shape index (κ1) is 11.1. The minimum absolute atomic E-state index is 0.119. The van der Waals surface area contributed by atoms with Crippen molar-refractivity contribution in [2.45, 2.75) is 20.5 Å². The van der Waals surface area contributed by atoms with E-state index in [0.29, 0.717) is 13.2 Å². The molecule has 0 spiro atoms. The second-order valence-corrected chi connectivity index (χ2v) is 4.20. The number of aliphatic hydroxyl groups excluding tert-OH is 1.